The molecule has 1 aliphatic rings. The average molecular weight is 250 g/mol. The molecule has 1 aliphatic heterocycles. The Kier molecular flexibility index (Phi) is 5.27. The second kappa shape index (κ2) is 6.26. The molecule has 0 aliphatic carbocycles. The van der Waals surface area contributed by atoms with E-state index in [2.05, 4.69) is 0 Å². The summed E-state index contributed by atoms with van der Waals surface area (Å²) in [6, 6.07) is -0.516. The van der Waals surface area contributed by atoms with Crippen LogP contribution in [0.3, 0.4) is 0 Å². The maximum Gasteiger partial charge on any atom is 0.320 e. The Labute approximate surface area is 100 Å². The van der Waals surface area contributed by atoms with Gasteiger partial charge in [0.05, 0.1) is 6.54 Å². The number of hydrogen-bond donors (Lipinski definition) is 1. The molecule has 0 aromatic carbocycles. The number of nitrogens with zero attached hydrogens (tertiary/aromatic N) is 2. The fourth-order valence-corrected chi connectivity index (χ4v) is 2.23. The Bertz CT molecular complexity index is 264. The third-order valence-corrected chi connectivity index (χ3v) is 3.38. The zero-order chi connectivity index (χ0) is 13.0. The van der Waals surface area contributed by atoms with Gasteiger partial charge in [0.2, 0.25) is 0 Å². The van der Waals surface area contributed by atoms with Gasteiger partial charge in [0.25, 0.3) is 6.43 Å². The molecule has 2 atom stereocenters. The summed E-state index contributed by atoms with van der Waals surface area (Å²) in [4.78, 5) is 14.5. The smallest absolute Gasteiger partial charge is 0.320 e. The zero-order valence-corrected chi connectivity index (χ0v) is 10.3. The Morgan fingerprint density at radius 1 is 1.47 bits per heavy atom. The predicted molar refractivity (Wildman–Crippen MR) is 60.3 cm³/mol. The lowest BCUT2D eigenvalue weighted by molar-refractivity contribution is -0.144. The van der Waals surface area contributed by atoms with Crippen molar-refractivity contribution in [1.29, 1.82) is 0 Å². The van der Waals surface area contributed by atoms with Crippen LogP contribution in [0.4, 0.5) is 8.78 Å². The fourth-order valence-electron chi connectivity index (χ4n) is 2.23. The number of carboxylic acid groups (broad SMARTS) is 1. The molecule has 0 amide bonds. The van der Waals surface area contributed by atoms with Crippen molar-refractivity contribution in [3.8, 4) is 0 Å². The van der Waals surface area contributed by atoms with Crippen LogP contribution in [0.15, 0.2) is 0 Å². The summed E-state index contributed by atoms with van der Waals surface area (Å²) < 4.78 is 24.7. The van der Waals surface area contributed by atoms with Crippen molar-refractivity contribution in [2.75, 3.05) is 26.2 Å². The van der Waals surface area contributed by atoms with E-state index in [9.17, 15) is 13.6 Å². The number of rotatable bonds is 5. The van der Waals surface area contributed by atoms with Gasteiger partial charge in [-0.25, -0.2) is 8.78 Å². The molecule has 6 heteroatoms. The van der Waals surface area contributed by atoms with E-state index in [1.54, 1.807) is 11.8 Å². The van der Waals surface area contributed by atoms with E-state index >= 15 is 0 Å². The van der Waals surface area contributed by atoms with Crippen LogP contribution in [0.1, 0.15) is 20.3 Å². The number of aliphatic carboxylic acids is 1. The van der Waals surface area contributed by atoms with Crippen molar-refractivity contribution in [2.45, 2.75) is 38.8 Å². The second-order valence-electron chi connectivity index (χ2n) is 4.46. The third kappa shape index (κ3) is 3.89. The molecule has 2 unspecified atom stereocenters. The number of carbonyl (C=O) groups is 1. The van der Waals surface area contributed by atoms with Crippen LogP contribution in [0.5, 0.6) is 0 Å². The molecule has 17 heavy (non-hydrogen) atoms. The number of piperazine rings is 1. The van der Waals surface area contributed by atoms with E-state index < -0.39 is 18.4 Å². The van der Waals surface area contributed by atoms with Crippen molar-refractivity contribution in [3.63, 3.8) is 0 Å². The van der Waals surface area contributed by atoms with E-state index in [-0.39, 0.29) is 12.6 Å². The van der Waals surface area contributed by atoms with Crippen LogP contribution in [0.25, 0.3) is 0 Å². The van der Waals surface area contributed by atoms with Gasteiger partial charge in [0.1, 0.15) is 6.04 Å². The number of carboxylic acids is 1. The highest BCUT2D eigenvalue weighted by molar-refractivity contribution is 5.72. The van der Waals surface area contributed by atoms with E-state index in [0.29, 0.717) is 19.6 Å². The van der Waals surface area contributed by atoms with Gasteiger partial charge in [-0.05, 0) is 13.3 Å². The highest BCUT2D eigenvalue weighted by atomic mass is 19.3. The first-order chi connectivity index (χ1) is 7.95. The van der Waals surface area contributed by atoms with Crippen LogP contribution in [0, 0.1) is 0 Å². The summed E-state index contributed by atoms with van der Waals surface area (Å²) in [7, 11) is 0. The number of hydrogen-bond acceptors (Lipinski definition) is 3. The molecular weight excluding hydrogens is 230 g/mol. The molecule has 1 fully saturated rings. The molecule has 4 nitrogen and oxygen atoms in total. The predicted octanol–water partition coefficient (Wildman–Crippen LogP) is 1.12. The molecule has 1 saturated heterocycles. The first kappa shape index (κ1) is 14.3. The first-order valence-electron chi connectivity index (χ1n) is 5.94. The monoisotopic (exact) mass is 250 g/mol. The molecule has 1 rings (SSSR count). The minimum Gasteiger partial charge on any atom is -0.480 e. The van der Waals surface area contributed by atoms with Gasteiger partial charge < -0.3 is 5.11 Å². The summed E-state index contributed by atoms with van der Waals surface area (Å²) in [5.41, 5.74) is 0. The van der Waals surface area contributed by atoms with E-state index in [1.165, 1.54) is 0 Å². The van der Waals surface area contributed by atoms with E-state index in [4.69, 9.17) is 5.11 Å². The minimum absolute atomic E-state index is 0.0274. The highest BCUT2D eigenvalue weighted by Crippen LogP contribution is 2.16. The topological polar surface area (TPSA) is 43.8 Å². The molecule has 0 bridgehead atoms. The lowest BCUT2D eigenvalue weighted by Crippen LogP contribution is -2.57. The Morgan fingerprint density at radius 3 is 2.59 bits per heavy atom. The summed E-state index contributed by atoms with van der Waals surface area (Å²) in [5, 5.41) is 8.93. The molecule has 0 aromatic heterocycles. The van der Waals surface area contributed by atoms with Crippen LogP contribution >= 0.6 is 0 Å². The largest absolute Gasteiger partial charge is 0.480 e. The summed E-state index contributed by atoms with van der Waals surface area (Å²) in [5.74, 6) is -0.859. The summed E-state index contributed by atoms with van der Waals surface area (Å²) in [6.07, 6.45) is -1.57. The molecule has 0 radical (unpaired) electrons. The van der Waals surface area contributed by atoms with Crippen LogP contribution < -0.4 is 0 Å². The van der Waals surface area contributed by atoms with Crippen LogP contribution in [-0.4, -0.2) is 65.6 Å². The van der Waals surface area contributed by atoms with Crippen molar-refractivity contribution in [1.82, 2.24) is 9.80 Å². The Balaban J connectivity index is 2.57. The SMILES string of the molecule is CCC1CN(C(C)C(=O)O)CCN1CC(F)F. The Hall–Kier alpha value is -0.750. The van der Waals surface area contributed by atoms with Crippen molar-refractivity contribution >= 4 is 5.97 Å². The van der Waals surface area contributed by atoms with Gasteiger partial charge in [-0.15, -0.1) is 0 Å². The first-order valence-corrected chi connectivity index (χ1v) is 5.94. The standard InChI is InChI=1S/C11H20F2N2O2/c1-3-9-6-14(8(2)11(16)17)4-5-15(9)7-10(12)13/h8-10H,3-7H2,1-2H3,(H,16,17). The lowest BCUT2D eigenvalue weighted by Gasteiger charge is -2.42. The van der Waals surface area contributed by atoms with Gasteiger partial charge in [0.15, 0.2) is 0 Å². The lowest BCUT2D eigenvalue weighted by atomic mass is 10.1. The number of alkyl halides is 2. The van der Waals surface area contributed by atoms with Crippen molar-refractivity contribution in [3.05, 3.63) is 0 Å². The molecule has 0 saturated carbocycles. The van der Waals surface area contributed by atoms with Crippen LogP contribution in [-0.2, 0) is 4.79 Å². The molecule has 0 spiro atoms. The maximum atomic E-state index is 12.4. The normalized spacial score (nSPS) is 25.1. The molecule has 100 valence electrons. The summed E-state index contributed by atoms with van der Waals surface area (Å²) in [6.45, 7) is 4.97. The van der Waals surface area contributed by atoms with Crippen LogP contribution in [0.2, 0.25) is 0 Å². The molecule has 0 aromatic rings. The molecule has 1 N–H and O–H groups in total. The van der Waals surface area contributed by atoms with Crippen molar-refractivity contribution in [2.24, 2.45) is 0 Å². The van der Waals surface area contributed by atoms with Gasteiger partial charge in [0, 0.05) is 25.7 Å². The zero-order valence-electron chi connectivity index (χ0n) is 10.3. The number of halogens is 2. The molecule has 1 heterocycles. The highest BCUT2D eigenvalue weighted by Gasteiger charge is 2.31. The minimum atomic E-state index is -2.33. The quantitative estimate of drug-likeness (QED) is 0.794. The Morgan fingerprint density at radius 2 is 2.12 bits per heavy atom. The fraction of sp³-hybridized carbons (Fsp3) is 0.909. The van der Waals surface area contributed by atoms with Gasteiger partial charge in [-0.3, -0.25) is 14.6 Å². The molecular formula is C11H20F2N2O2. The summed E-state index contributed by atoms with van der Waals surface area (Å²) >= 11 is 0. The maximum absolute atomic E-state index is 12.4. The third-order valence-electron chi connectivity index (χ3n) is 3.38. The van der Waals surface area contributed by atoms with Gasteiger partial charge in [-0.2, -0.15) is 0 Å². The van der Waals surface area contributed by atoms with Crippen molar-refractivity contribution < 1.29 is 18.7 Å². The van der Waals surface area contributed by atoms with E-state index in [0.717, 1.165) is 6.42 Å². The average Bonchev–Trinajstić information content (AvgIpc) is 2.27. The van der Waals surface area contributed by atoms with E-state index in [1.807, 2.05) is 11.8 Å². The second-order valence-corrected chi connectivity index (χ2v) is 4.46. The van der Waals surface area contributed by atoms with Gasteiger partial charge >= 0.3 is 5.97 Å². The van der Waals surface area contributed by atoms with Gasteiger partial charge in [-0.1, -0.05) is 6.92 Å².